The van der Waals surface area contributed by atoms with Gasteiger partial charge >= 0.3 is 0 Å². The van der Waals surface area contributed by atoms with Crippen LogP contribution in [0.5, 0.6) is 0 Å². The van der Waals surface area contributed by atoms with Gasteiger partial charge in [-0.1, -0.05) is 0 Å². The molecule has 1 aliphatic heterocycles. The molecule has 1 amide bonds. The average molecular weight is 315 g/mol. The third kappa shape index (κ3) is 4.37. The van der Waals surface area contributed by atoms with Crippen molar-refractivity contribution in [3.8, 4) is 5.69 Å². The lowest BCUT2D eigenvalue weighted by Gasteiger charge is -2.26. The van der Waals surface area contributed by atoms with Crippen LogP contribution in [0.2, 0.25) is 0 Å². The van der Waals surface area contributed by atoms with Gasteiger partial charge in [0.25, 0.3) is 5.91 Å². The Labute approximate surface area is 135 Å². The highest BCUT2D eigenvalue weighted by Crippen LogP contribution is 2.08. The predicted molar refractivity (Wildman–Crippen MR) is 85.6 cm³/mol. The van der Waals surface area contributed by atoms with Gasteiger partial charge in [0.1, 0.15) is 12.7 Å². The Kier molecular flexibility index (Phi) is 5.33. The fourth-order valence-corrected chi connectivity index (χ4v) is 2.54. The van der Waals surface area contributed by atoms with Gasteiger partial charge in [0.05, 0.1) is 18.9 Å². The smallest absolute Gasteiger partial charge is 0.251 e. The molecule has 0 radical (unpaired) electrons. The molecule has 3 rings (SSSR count). The summed E-state index contributed by atoms with van der Waals surface area (Å²) in [5, 5.41) is 7.02. The van der Waals surface area contributed by atoms with E-state index in [0.29, 0.717) is 12.1 Å². The molecular weight excluding hydrogens is 294 g/mol. The highest BCUT2D eigenvalue weighted by atomic mass is 16.5. The molecule has 122 valence electrons. The molecule has 1 N–H and O–H groups in total. The SMILES string of the molecule is O=C(NCCCN1CCOCC1)c1ccc(-n2cncn2)cc1. The summed E-state index contributed by atoms with van der Waals surface area (Å²) in [5.41, 5.74) is 1.53. The molecule has 7 nitrogen and oxygen atoms in total. The first-order valence-corrected chi connectivity index (χ1v) is 7.86. The van der Waals surface area contributed by atoms with Gasteiger partial charge in [0, 0.05) is 25.2 Å². The zero-order valence-corrected chi connectivity index (χ0v) is 13.0. The zero-order chi connectivity index (χ0) is 15.9. The maximum atomic E-state index is 12.1. The van der Waals surface area contributed by atoms with Crippen molar-refractivity contribution >= 4 is 5.91 Å². The Balaban J connectivity index is 1.43. The van der Waals surface area contributed by atoms with Crippen LogP contribution in [0.15, 0.2) is 36.9 Å². The Hall–Kier alpha value is -2.25. The first kappa shape index (κ1) is 15.6. The molecule has 0 spiro atoms. The summed E-state index contributed by atoms with van der Waals surface area (Å²) >= 11 is 0. The summed E-state index contributed by atoms with van der Waals surface area (Å²) in [4.78, 5) is 18.4. The number of carbonyl (C=O) groups is 1. The van der Waals surface area contributed by atoms with E-state index in [1.165, 1.54) is 6.33 Å². The Morgan fingerprint density at radius 1 is 1.22 bits per heavy atom. The molecule has 0 aliphatic carbocycles. The van der Waals surface area contributed by atoms with Gasteiger partial charge in [-0.05, 0) is 37.2 Å². The second-order valence-electron chi connectivity index (χ2n) is 5.45. The topological polar surface area (TPSA) is 72.3 Å². The molecule has 1 aromatic carbocycles. The van der Waals surface area contributed by atoms with Gasteiger partial charge < -0.3 is 10.1 Å². The van der Waals surface area contributed by atoms with Crippen LogP contribution < -0.4 is 5.32 Å². The fraction of sp³-hybridized carbons (Fsp3) is 0.438. The molecule has 1 fully saturated rings. The van der Waals surface area contributed by atoms with Crippen molar-refractivity contribution in [2.24, 2.45) is 0 Å². The van der Waals surface area contributed by atoms with Crippen LogP contribution in [0.1, 0.15) is 16.8 Å². The van der Waals surface area contributed by atoms with Crippen molar-refractivity contribution in [1.29, 1.82) is 0 Å². The monoisotopic (exact) mass is 315 g/mol. The normalized spacial score (nSPS) is 15.5. The summed E-state index contributed by atoms with van der Waals surface area (Å²) in [6.45, 7) is 5.26. The third-order valence-electron chi connectivity index (χ3n) is 3.85. The molecule has 1 saturated heterocycles. The number of amides is 1. The predicted octanol–water partition coefficient (Wildman–Crippen LogP) is 0.719. The zero-order valence-electron chi connectivity index (χ0n) is 13.0. The van der Waals surface area contributed by atoms with E-state index in [1.54, 1.807) is 23.1 Å². The number of carbonyl (C=O) groups excluding carboxylic acids is 1. The lowest BCUT2D eigenvalue weighted by Crippen LogP contribution is -2.38. The quantitative estimate of drug-likeness (QED) is 0.795. The fourth-order valence-electron chi connectivity index (χ4n) is 2.54. The maximum Gasteiger partial charge on any atom is 0.251 e. The number of hydrogen-bond acceptors (Lipinski definition) is 5. The van der Waals surface area contributed by atoms with E-state index in [0.717, 1.165) is 45.0 Å². The summed E-state index contributed by atoms with van der Waals surface area (Å²) in [6.07, 6.45) is 4.05. The van der Waals surface area contributed by atoms with E-state index in [-0.39, 0.29) is 5.91 Å². The molecule has 7 heteroatoms. The van der Waals surface area contributed by atoms with Crippen LogP contribution in [0.3, 0.4) is 0 Å². The van der Waals surface area contributed by atoms with E-state index in [1.807, 2.05) is 12.1 Å². The van der Waals surface area contributed by atoms with Crippen molar-refractivity contribution in [2.75, 3.05) is 39.4 Å². The lowest BCUT2D eigenvalue weighted by molar-refractivity contribution is 0.0374. The molecule has 1 aliphatic rings. The van der Waals surface area contributed by atoms with Crippen molar-refractivity contribution in [1.82, 2.24) is 25.0 Å². The largest absolute Gasteiger partial charge is 0.379 e. The van der Waals surface area contributed by atoms with Crippen LogP contribution in [-0.2, 0) is 4.74 Å². The summed E-state index contributed by atoms with van der Waals surface area (Å²) < 4.78 is 6.97. The second-order valence-corrected chi connectivity index (χ2v) is 5.45. The number of rotatable bonds is 6. The van der Waals surface area contributed by atoms with Gasteiger partial charge in [-0.2, -0.15) is 5.10 Å². The number of hydrogen-bond donors (Lipinski definition) is 1. The number of nitrogens with zero attached hydrogens (tertiary/aromatic N) is 4. The first-order chi connectivity index (χ1) is 11.3. The number of nitrogens with one attached hydrogen (secondary N) is 1. The number of morpholine rings is 1. The van der Waals surface area contributed by atoms with E-state index < -0.39 is 0 Å². The molecule has 2 heterocycles. The van der Waals surface area contributed by atoms with Crippen LogP contribution in [0.4, 0.5) is 0 Å². The summed E-state index contributed by atoms with van der Waals surface area (Å²) in [7, 11) is 0. The first-order valence-electron chi connectivity index (χ1n) is 7.86. The standard InChI is InChI=1S/C16H21N5O2/c22-16(18-6-1-7-20-8-10-23-11-9-20)14-2-4-15(5-3-14)21-13-17-12-19-21/h2-5,12-13H,1,6-11H2,(H,18,22). The highest BCUT2D eigenvalue weighted by Gasteiger charge is 2.10. The van der Waals surface area contributed by atoms with Crippen molar-refractivity contribution in [2.45, 2.75) is 6.42 Å². The minimum atomic E-state index is -0.0443. The number of ether oxygens (including phenoxy) is 1. The van der Waals surface area contributed by atoms with Crippen LogP contribution in [0, 0.1) is 0 Å². The Morgan fingerprint density at radius 3 is 2.70 bits per heavy atom. The molecular formula is C16H21N5O2. The van der Waals surface area contributed by atoms with Crippen molar-refractivity contribution in [3.63, 3.8) is 0 Å². The summed E-state index contributed by atoms with van der Waals surface area (Å²) in [5.74, 6) is -0.0443. The van der Waals surface area contributed by atoms with E-state index in [2.05, 4.69) is 20.3 Å². The van der Waals surface area contributed by atoms with Crippen LogP contribution >= 0.6 is 0 Å². The van der Waals surface area contributed by atoms with Crippen LogP contribution in [-0.4, -0.2) is 65.0 Å². The highest BCUT2D eigenvalue weighted by molar-refractivity contribution is 5.94. The molecule has 0 bridgehead atoms. The van der Waals surface area contributed by atoms with Gasteiger partial charge in [-0.15, -0.1) is 0 Å². The Bertz CT molecular complexity index is 606. The van der Waals surface area contributed by atoms with Gasteiger partial charge in [0.15, 0.2) is 0 Å². The minimum absolute atomic E-state index is 0.0443. The summed E-state index contributed by atoms with van der Waals surface area (Å²) in [6, 6.07) is 7.32. The molecule has 0 atom stereocenters. The molecule has 0 saturated carbocycles. The second kappa shape index (κ2) is 7.85. The third-order valence-corrected chi connectivity index (χ3v) is 3.85. The average Bonchev–Trinajstić information content (AvgIpc) is 3.14. The van der Waals surface area contributed by atoms with Crippen molar-refractivity contribution in [3.05, 3.63) is 42.5 Å². The van der Waals surface area contributed by atoms with E-state index in [9.17, 15) is 4.79 Å². The lowest BCUT2D eigenvalue weighted by atomic mass is 10.2. The molecule has 23 heavy (non-hydrogen) atoms. The molecule has 1 aromatic heterocycles. The number of aromatic nitrogens is 3. The van der Waals surface area contributed by atoms with Gasteiger partial charge in [-0.25, -0.2) is 9.67 Å². The molecule has 2 aromatic rings. The Morgan fingerprint density at radius 2 is 2.00 bits per heavy atom. The van der Waals surface area contributed by atoms with Crippen molar-refractivity contribution < 1.29 is 9.53 Å². The minimum Gasteiger partial charge on any atom is -0.379 e. The van der Waals surface area contributed by atoms with Gasteiger partial charge in [-0.3, -0.25) is 9.69 Å². The maximum absolute atomic E-state index is 12.1. The van der Waals surface area contributed by atoms with E-state index in [4.69, 9.17) is 4.74 Å². The van der Waals surface area contributed by atoms with Crippen LogP contribution in [0.25, 0.3) is 5.69 Å². The number of benzene rings is 1. The molecule has 0 unspecified atom stereocenters. The van der Waals surface area contributed by atoms with Gasteiger partial charge in [0.2, 0.25) is 0 Å². The van der Waals surface area contributed by atoms with E-state index >= 15 is 0 Å².